The number of aliphatic hydroxyl groups is 2. The van der Waals surface area contributed by atoms with Gasteiger partial charge >= 0.3 is 0 Å². The van der Waals surface area contributed by atoms with Gasteiger partial charge < -0.3 is 31.3 Å². The average molecular weight is 467 g/mol. The lowest BCUT2D eigenvalue weighted by atomic mass is 10.0. The Morgan fingerprint density at radius 2 is 1.94 bits per heavy atom. The molecule has 1 aromatic heterocycles. The molecule has 2 unspecified atom stereocenters. The van der Waals surface area contributed by atoms with Crippen LogP contribution in [0.3, 0.4) is 0 Å². The van der Waals surface area contributed by atoms with Crippen molar-refractivity contribution in [2.24, 2.45) is 18.5 Å². The molecule has 0 radical (unpaired) electrons. The van der Waals surface area contributed by atoms with E-state index in [2.05, 4.69) is 5.10 Å². The number of anilines is 1. The number of amides is 1. The number of hydrogen-bond donors (Lipinski definition) is 4. The third-order valence-electron chi connectivity index (χ3n) is 5.59. The zero-order chi connectivity index (χ0) is 23.2. The van der Waals surface area contributed by atoms with Crippen molar-refractivity contribution in [1.82, 2.24) is 9.78 Å². The Kier molecular flexibility index (Phi) is 6.12. The van der Waals surface area contributed by atoms with Crippen molar-refractivity contribution in [1.29, 1.82) is 0 Å². The molecule has 2 aliphatic heterocycles. The van der Waals surface area contributed by atoms with Crippen molar-refractivity contribution in [3.63, 3.8) is 0 Å². The second kappa shape index (κ2) is 8.70. The molecule has 1 fully saturated rings. The predicted molar refractivity (Wildman–Crippen MR) is 113 cm³/mol. The van der Waals surface area contributed by atoms with E-state index >= 15 is 0 Å². The number of aliphatic hydroxyl groups excluding tert-OH is 2. The van der Waals surface area contributed by atoms with E-state index in [0.717, 1.165) is 23.9 Å². The first-order valence-electron chi connectivity index (χ1n) is 9.89. The van der Waals surface area contributed by atoms with E-state index < -0.39 is 41.2 Å². The number of aryl methyl sites for hydroxylation is 1. The molecule has 32 heavy (non-hydrogen) atoms. The molecule has 4 atom stereocenters. The summed E-state index contributed by atoms with van der Waals surface area (Å²) in [5.41, 5.74) is 12.1. The van der Waals surface area contributed by atoms with Crippen molar-refractivity contribution < 1.29 is 28.5 Å². The molecule has 0 spiro atoms. The number of hydrogen-bond acceptors (Lipinski definition) is 8. The fraction of sp³-hybridized carbons (Fsp3) is 0.400. The summed E-state index contributed by atoms with van der Waals surface area (Å²) in [5, 5.41) is 23.2. The molecule has 0 aliphatic carbocycles. The summed E-state index contributed by atoms with van der Waals surface area (Å²) in [6.07, 6.45) is -0.569. The smallest absolute Gasteiger partial charge is 0.268 e. The Balaban J connectivity index is 1.83. The molecular formula is C20H23F2N5O4S. The highest BCUT2D eigenvalue weighted by Gasteiger charge is 2.42. The molecule has 0 saturated carbocycles. The number of nitrogens with zero attached hydrogens (tertiary/aromatic N) is 3. The minimum atomic E-state index is -1.05. The molecule has 6 N–H and O–H groups in total. The highest BCUT2D eigenvalue weighted by atomic mass is 32.2. The zero-order valence-electron chi connectivity index (χ0n) is 17.1. The van der Waals surface area contributed by atoms with Crippen LogP contribution in [0.2, 0.25) is 0 Å². The van der Waals surface area contributed by atoms with Gasteiger partial charge in [0.05, 0.1) is 40.9 Å². The van der Waals surface area contributed by atoms with Gasteiger partial charge in [-0.15, -0.1) is 0 Å². The van der Waals surface area contributed by atoms with Crippen LogP contribution >= 0.6 is 11.8 Å². The second-order valence-corrected chi connectivity index (χ2v) is 8.75. The highest BCUT2D eigenvalue weighted by Crippen LogP contribution is 2.51. The van der Waals surface area contributed by atoms with Gasteiger partial charge in [0.25, 0.3) is 5.91 Å². The van der Waals surface area contributed by atoms with E-state index in [4.69, 9.17) is 16.2 Å². The minimum absolute atomic E-state index is 0.0209. The Labute approximate surface area is 186 Å². The normalized spacial score (nSPS) is 26.5. The summed E-state index contributed by atoms with van der Waals surface area (Å²) in [5.74, 6) is -2.46. The van der Waals surface area contributed by atoms with Crippen molar-refractivity contribution in [2.45, 2.75) is 36.5 Å². The molecule has 0 bridgehead atoms. The molecular weight excluding hydrogens is 444 g/mol. The number of carbonyl (C=O) groups is 1. The first-order valence-corrected chi connectivity index (χ1v) is 10.8. The van der Waals surface area contributed by atoms with Crippen LogP contribution in [0, 0.1) is 11.6 Å². The predicted octanol–water partition coefficient (Wildman–Crippen LogP) is 1.14. The first kappa shape index (κ1) is 22.5. The van der Waals surface area contributed by atoms with Gasteiger partial charge in [0.15, 0.2) is 0 Å². The molecule has 172 valence electrons. The van der Waals surface area contributed by atoms with Crippen LogP contribution in [0.5, 0.6) is 0 Å². The van der Waals surface area contributed by atoms with E-state index in [-0.39, 0.29) is 29.3 Å². The molecule has 4 rings (SSSR count). The number of benzene rings is 1. The summed E-state index contributed by atoms with van der Waals surface area (Å²) >= 11 is 0.900. The molecule has 2 aliphatic rings. The number of nitrogens with two attached hydrogens (primary N) is 2. The summed E-state index contributed by atoms with van der Waals surface area (Å²) in [6.45, 7) is -0.114. The van der Waals surface area contributed by atoms with E-state index in [9.17, 15) is 23.8 Å². The standard InChI is InChI=1S/C20H23F2N5O4S/c1-26-16(14-6-5-12(28)13(29)8-31-14)11(7-25-26)27-17(18(23)30)19(24)32-20(27)15-9(21)3-2-4-10(15)22/h2-4,7,12-14,20,28-29H,5-6,8,24H2,1H3,(H2,23,30)/t12-,13+,14?,20?/m1/s1. The Bertz CT molecular complexity index is 1050. The first-order chi connectivity index (χ1) is 15.2. The van der Waals surface area contributed by atoms with Crippen molar-refractivity contribution >= 4 is 23.4 Å². The fourth-order valence-electron chi connectivity index (χ4n) is 4.02. The van der Waals surface area contributed by atoms with Crippen LogP contribution in [0.25, 0.3) is 0 Å². The number of aromatic nitrogens is 2. The second-order valence-electron chi connectivity index (χ2n) is 7.63. The Morgan fingerprint density at radius 3 is 2.59 bits per heavy atom. The van der Waals surface area contributed by atoms with Gasteiger partial charge in [0.2, 0.25) is 0 Å². The molecule has 1 amide bonds. The molecule has 2 aromatic rings. The third kappa shape index (κ3) is 3.83. The fourth-order valence-corrected chi connectivity index (χ4v) is 5.24. The monoisotopic (exact) mass is 467 g/mol. The van der Waals surface area contributed by atoms with Crippen LogP contribution in [0.1, 0.15) is 35.6 Å². The van der Waals surface area contributed by atoms with Crippen LogP contribution in [0.15, 0.2) is 35.1 Å². The molecule has 3 heterocycles. The molecule has 12 heteroatoms. The minimum Gasteiger partial charge on any atom is -0.392 e. The van der Waals surface area contributed by atoms with Gasteiger partial charge in [0.1, 0.15) is 34.9 Å². The summed E-state index contributed by atoms with van der Waals surface area (Å²) in [6, 6.07) is 3.49. The zero-order valence-corrected chi connectivity index (χ0v) is 17.9. The number of halogens is 2. The van der Waals surface area contributed by atoms with Crippen LogP contribution in [-0.4, -0.2) is 44.7 Å². The highest BCUT2D eigenvalue weighted by molar-refractivity contribution is 8.03. The molecule has 1 aromatic carbocycles. The third-order valence-corrected chi connectivity index (χ3v) is 6.71. The molecule has 9 nitrogen and oxygen atoms in total. The van der Waals surface area contributed by atoms with E-state index in [1.54, 1.807) is 7.05 Å². The van der Waals surface area contributed by atoms with E-state index in [1.807, 2.05) is 0 Å². The quantitative estimate of drug-likeness (QED) is 0.525. The van der Waals surface area contributed by atoms with Gasteiger partial charge in [-0.1, -0.05) is 17.8 Å². The maximum atomic E-state index is 14.7. The number of ether oxygens (including phenoxy) is 1. The van der Waals surface area contributed by atoms with Crippen LogP contribution in [-0.2, 0) is 16.6 Å². The number of primary amides is 1. The largest absolute Gasteiger partial charge is 0.392 e. The average Bonchev–Trinajstić information content (AvgIpc) is 3.21. The number of carbonyl (C=O) groups excluding carboxylic acids is 1. The van der Waals surface area contributed by atoms with Gasteiger partial charge in [-0.3, -0.25) is 9.48 Å². The lowest BCUT2D eigenvalue weighted by Crippen LogP contribution is -2.32. The van der Waals surface area contributed by atoms with Crippen LogP contribution in [0.4, 0.5) is 14.5 Å². The lowest BCUT2D eigenvalue weighted by molar-refractivity contribution is -0.114. The van der Waals surface area contributed by atoms with Gasteiger partial charge in [-0.05, 0) is 25.0 Å². The van der Waals surface area contributed by atoms with Crippen molar-refractivity contribution in [3.8, 4) is 0 Å². The summed E-state index contributed by atoms with van der Waals surface area (Å²) in [7, 11) is 1.65. The maximum Gasteiger partial charge on any atom is 0.268 e. The Hall–Kier alpha value is -2.67. The van der Waals surface area contributed by atoms with Gasteiger partial charge in [-0.25, -0.2) is 8.78 Å². The van der Waals surface area contributed by atoms with Crippen molar-refractivity contribution in [3.05, 3.63) is 58.0 Å². The van der Waals surface area contributed by atoms with Gasteiger partial charge in [0, 0.05) is 7.05 Å². The number of rotatable bonds is 4. The summed E-state index contributed by atoms with van der Waals surface area (Å²) in [4.78, 5) is 13.7. The lowest BCUT2D eigenvalue weighted by Gasteiger charge is -2.29. The van der Waals surface area contributed by atoms with E-state index in [1.165, 1.54) is 21.8 Å². The number of thioether (sulfide) groups is 1. The van der Waals surface area contributed by atoms with Crippen molar-refractivity contribution in [2.75, 3.05) is 11.5 Å². The summed E-state index contributed by atoms with van der Waals surface area (Å²) < 4.78 is 36.7. The SMILES string of the molecule is Cn1ncc(N2C(C(N)=O)=C(N)SC2c2c(F)cccc2F)c1C1CC[C@@H](O)[C@@H](O)CO1. The maximum absolute atomic E-state index is 14.7. The van der Waals surface area contributed by atoms with Gasteiger partial charge in [-0.2, -0.15) is 5.10 Å². The molecule has 1 saturated heterocycles. The topological polar surface area (TPSA) is 140 Å². The van der Waals surface area contributed by atoms with Crippen LogP contribution < -0.4 is 16.4 Å². The van der Waals surface area contributed by atoms with E-state index in [0.29, 0.717) is 17.8 Å². The Morgan fingerprint density at radius 1 is 1.25 bits per heavy atom.